The molecule has 0 unspecified atom stereocenters. The zero-order valence-electron chi connectivity index (χ0n) is 44.6. The van der Waals surface area contributed by atoms with E-state index in [0.29, 0.717) is 17.9 Å². The van der Waals surface area contributed by atoms with E-state index >= 15 is 0 Å². The minimum atomic E-state index is -2.35. The molecule has 6 rings (SSSR count). The molecule has 72 heavy (non-hydrogen) atoms. The molecule has 2 heterocycles. The minimum Gasteiger partial charge on any atom is -0.461 e. The van der Waals surface area contributed by atoms with Crippen LogP contribution >= 0.6 is 0 Å². The van der Waals surface area contributed by atoms with Crippen LogP contribution in [0, 0.1) is 5.92 Å². The number of hydrogen-bond acceptors (Lipinski definition) is 12. The summed E-state index contributed by atoms with van der Waals surface area (Å²) in [6.07, 6.45) is 2.75. The van der Waals surface area contributed by atoms with Gasteiger partial charge in [0.2, 0.25) is 5.91 Å². The average molecular weight is 1030 g/mol. The molecule has 0 spiro atoms. The summed E-state index contributed by atoms with van der Waals surface area (Å²) in [5.41, 5.74) is 6.58. The molecule has 1 saturated carbocycles. The molecule has 394 valence electrons. The maximum atomic E-state index is 14.2. The van der Waals surface area contributed by atoms with Gasteiger partial charge in [0.15, 0.2) is 28.9 Å². The van der Waals surface area contributed by atoms with Gasteiger partial charge >= 0.3 is 23.8 Å². The predicted molar refractivity (Wildman–Crippen MR) is 282 cm³/mol. The fourth-order valence-electron chi connectivity index (χ4n) is 8.92. The van der Waals surface area contributed by atoms with E-state index in [9.17, 15) is 24.0 Å². The number of amides is 3. The third-order valence-electron chi connectivity index (χ3n) is 15.2. The molecular formula is C54H79N5O11Si2. The minimum absolute atomic E-state index is 0.0194. The maximum Gasteiger partial charge on any atom is 0.426 e. The molecule has 1 aliphatic heterocycles. The predicted octanol–water partition coefficient (Wildman–Crippen LogP) is 11.0. The third kappa shape index (κ3) is 13.7. The molecule has 0 radical (unpaired) electrons. The highest BCUT2D eigenvalue weighted by Crippen LogP contribution is 2.46. The normalized spacial score (nSPS) is 19.1. The second-order valence-corrected chi connectivity index (χ2v) is 32.3. The smallest absolute Gasteiger partial charge is 0.426 e. The lowest BCUT2D eigenvalue weighted by molar-refractivity contribution is -0.161. The topological polar surface area (TPSA) is 186 Å². The Balaban J connectivity index is 1.14. The fraction of sp³-hybridized carbons (Fsp3) is 0.593. The number of hydrogen-bond donors (Lipinski definition) is 2. The molecular weight excluding hydrogens is 951 g/mol. The number of aromatic nitrogens is 2. The van der Waals surface area contributed by atoms with E-state index in [1.165, 1.54) is 16.8 Å². The largest absolute Gasteiger partial charge is 0.461 e. The van der Waals surface area contributed by atoms with Crippen molar-refractivity contribution in [2.24, 2.45) is 5.92 Å². The summed E-state index contributed by atoms with van der Waals surface area (Å²) in [6, 6.07) is 16.0. The molecule has 18 heteroatoms. The van der Waals surface area contributed by atoms with E-state index in [1.54, 1.807) is 13.8 Å². The Morgan fingerprint density at radius 1 is 0.847 bits per heavy atom. The van der Waals surface area contributed by atoms with Crippen molar-refractivity contribution in [3.8, 4) is 11.1 Å². The van der Waals surface area contributed by atoms with Gasteiger partial charge in [-0.3, -0.25) is 14.7 Å². The molecule has 1 aromatic heterocycles. The van der Waals surface area contributed by atoms with Crippen molar-refractivity contribution in [2.75, 3.05) is 25.1 Å². The summed E-state index contributed by atoms with van der Waals surface area (Å²) >= 11 is 0. The van der Waals surface area contributed by atoms with Crippen molar-refractivity contribution in [3.63, 3.8) is 0 Å². The Morgan fingerprint density at radius 2 is 1.46 bits per heavy atom. The average Bonchev–Trinajstić information content (AvgIpc) is 3.79. The molecule has 0 bridgehead atoms. The molecule has 2 N–H and O–H groups in total. The summed E-state index contributed by atoms with van der Waals surface area (Å²) in [7, 11) is -4.53. The van der Waals surface area contributed by atoms with Gasteiger partial charge < -0.3 is 27.8 Å². The van der Waals surface area contributed by atoms with Crippen molar-refractivity contribution in [1.82, 2.24) is 20.0 Å². The Bertz CT molecular complexity index is 2430. The van der Waals surface area contributed by atoms with Crippen LogP contribution in [-0.4, -0.2) is 99.4 Å². The first-order valence-electron chi connectivity index (χ1n) is 25.6. The number of esters is 1. The number of rotatable bonds is 18. The Labute approximate surface area is 428 Å². The summed E-state index contributed by atoms with van der Waals surface area (Å²) in [5.74, 6) is -1.30. The number of fused-ring (bicyclic) bond motifs is 3. The van der Waals surface area contributed by atoms with E-state index in [4.69, 9.17) is 27.8 Å². The van der Waals surface area contributed by atoms with Crippen LogP contribution in [0.5, 0.6) is 0 Å². The molecule has 1 saturated heterocycles. The molecule has 2 aliphatic carbocycles. The number of ether oxygens (including phenoxy) is 4. The SMILES string of the molecule is C=C1[C@H](n2ccc(NC(=O)OCC[C@H](C(=O)OC(C)C)N(NC(=O)OCC3c4ccccc4-c4ccccc43)C(=O)CCC3CCCCC3)nc2=O)O[C@H](CO[Si](C)(C)C(C)(C)C)[C@H]1O[Si](C)(C)C(C)(C)C. The quantitative estimate of drug-likeness (QED) is 0.0404. The van der Waals surface area contributed by atoms with Gasteiger partial charge in [0.1, 0.15) is 18.5 Å². The zero-order valence-corrected chi connectivity index (χ0v) is 46.6. The lowest BCUT2D eigenvalue weighted by Crippen LogP contribution is -2.56. The first kappa shape index (κ1) is 56.2. The van der Waals surface area contributed by atoms with Crippen LogP contribution in [0.1, 0.15) is 130 Å². The molecule has 4 atom stereocenters. The number of nitrogens with zero attached hydrogens (tertiary/aromatic N) is 3. The standard InChI is InChI=1S/C54H79N5O11Si2/c1-35(2)68-49(61)43(59(46(60)28-27-37-21-15-14-16-22-37)57-52(64)66-33-42-40-25-19-17-23-38(40)39-24-18-20-26-41(39)42)30-32-65-51(63)56-45-29-31-58(50(62)55-45)48-36(3)47(70-72(12,13)54(7,8)9)44(69-48)34-67-71(10,11)53(4,5)6/h17-20,23-26,29,31,35,37,42-44,47-48H,3,14-16,21-22,27-28,30,32-34H2,1-2,4-13H3,(H,57,64)(H,55,56,62,63)/t43-,44-,47+,48-/m1/s1. The van der Waals surface area contributed by atoms with Crippen molar-refractivity contribution in [2.45, 2.75) is 180 Å². The number of hydrazine groups is 1. The highest BCUT2D eigenvalue weighted by Gasteiger charge is 2.49. The van der Waals surface area contributed by atoms with Gasteiger partial charge in [-0.25, -0.2) is 29.6 Å². The van der Waals surface area contributed by atoms with E-state index in [-0.39, 0.29) is 54.5 Å². The molecule has 3 amide bonds. The van der Waals surface area contributed by atoms with Gasteiger partial charge in [-0.1, -0.05) is 129 Å². The second kappa shape index (κ2) is 23.4. The molecule has 3 aromatic rings. The van der Waals surface area contributed by atoms with Gasteiger partial charge in [0.05, 0.1) is 25.4 Å². The van der Waals surface area contributed by atoms with E-state index in [2.05, 4.69) is 90.0 Å². The van der Waals surface area contributed by atoms with Gasteiger partial charge in [-0.15, -0.1) is 0 Å². The summed E-state index contributed by atoms with van der Waals surface area (Å²) in [5, 5.41) is 3.31. The second-order valence-electron chi connectivity index (χ2n) is 22.8. The number of benzene rings is 2. The fourth-order valence-corrected chi connectivity index (χ4v) is 11.2. The zero-order chi connectivity index (χ0) is 52.8. The van der Waals surface area contributed by atoms with E-state index < -0.39 is 77.0 Å². The first-order valence-corrected chi connectivity index (χ1v) is 31.4. The number of carbonyl (C=O) groups excluding carboxylic acids is 4. The van der Waals surface area contributed by atoms with Crippen LogP contribution in [0.3, 0.4) is 0 Å². The van der Waals surface area contributed by atoms with Gasteiger partial charge in [0.25, 0.3) is 0 Å². The van der Waals surface area contributed by atoms with Crippen LogP contribution in [0.25, 0.3) is 11.1 Å². The Morgan fingerprint density at radius 3 is 2.04 bits per heavy atom. The summed E-state index contributed by atoms with van der Waals surface area (Å²) < 4.78 is 38.3. The number of nitrogens with one attached hydrogen (secondary N) is 2. The monoisotopic (exact) mass is 1030 g/mol. The van der Waals surface area contributed by atoms with Crippen LogP contribution in [0.4, 0.5) is 15.4 Å². The lowest BCUT2D eigenvalue weighted by atomic mass is 9.86. The van der Waals surface area contributed by atoms with Gasteiger partial charge in [-0.2, -0.15) is 4.98 Å². The van der Waals surface area contributed by atoms with E-state index in [0.717, 1.165) is 59.4 Å². The van der Waals surface area contributed by atoms with Crippen LogP contribution in [0.15, 0.2) is 77.7 Å². The number of carbonyl (C=O) groups is 4. The van der Waals surface area contributed by atoms with Crippen molar-refractivity contribution in [3.05, 3.63) is 94.6 Å². The Hall–Kier alpha value is -5.15. The number of anilines is 1. The van der Waals surface area contributed by atoms with Crippen molar-refractivity contribution < 1.29 is 47.0 Å². The third-order valence-corrected chi connectivity index (χ3v) is 24.1. The van der Waals surface area contributed by atoms with Crippen molar-refractivity contribution in [1.29, 1.82) is 0 Å². The van der Waals surface area contributed by atoms with Gasteiger partial charge in [0, 0.05) is 30.5 Å². The highest BCUT2D eigenvalue weighted by atomic mass is 28.4. The maximum absolute atomic E-state index is 14.2. The molecule has 16 nitrogen and oxygen atoms in total. The molecule has 2 fully saturated rings. The van der Waals surface area contributed by atoms with Gasteiger partial charge in [-0.05, 0) is 90.8 Å². The highest BCUT2D eigenvalue weighted by molar-refractivity contribution is 6.74. The lowest BCUT2D eigenvalue weighted by Gasteiger charge is -2.40. The summed E-state index contributed by atoms with van der Waals surface area (Å²) in [6.45, 7) is 29.2. The van der Waals surface area contributed by atoms with E-state index in [1.807, 2.05) is 48.5 Å². The Kier molecular flexibility index (Phi) is 18.2. The molecule has 3 aliphatic rings. The van der Waals surface area contributed by atoms with Crippen LogP contribution in [0.2, 0.25) is 36.3 Å². The van der Waals surface area contributed by atoms with Crippen LogP contribution in [-0.2, 0) is 37.4 Å². The first-order chi connectivity index (χ1) is 33.8. The summed E-state index contributed by atoms with van der Waals surface area (Å²) in [4.78, 5) is 72.8. The van der Waals surface area contributed by atoms with Crippen molar-refractivity contribution >= 4 is 46.5 Å². The molecule has 2 aromatic carbocycles. The van der Waals surface area contributed by atoms with Crippen LogP contribution < -0.4 is 16.4 Å².